The molecule has 92 valence electrons. The van der Waals surface area contributed by atoms with Gasteiger partial charge < -0.3 is 5.32 Å². The molecule has 0 aliphatic rings. The fourth-order valence-corrected chi connectivity index (χ4v) is 1.72. The van der Waals surface area contributed by atoms with E-state index in [4.69, 9.17) is 11.6 Å². The lowest BCUT2D eigenvalue weighted by atomic mass is 10.2. The minimum atomic E-state index is -0.586. The molecule has 0 fully saturated rings. The van der Waals surface area contributed by atoms with Gasteiger partial charge in [-0.05, 0) is 18.4 Å². The van der Waals surface area contributed by atoms with Gasteiger partial charge in [-0.2, -0.15) is 11.8 Å². The molecular weight excluding hydrogens is 264 g/mol. The zero-order valence-corrected chi connectivity index (χ0v) is 10.7. The number of benzene rings is 1. The van der Waals surface area contributed by atoms with Crippen LogP contribution in [-0.2, 0) is 0 Å². The van der Waals surface area contributed by atoms with Gasteiger partial charge in [0.05, 0.1) is 4.92 Å². The van der Waals surface area contributed by atoms with Gasteiger partial charge in [0.15, 0.2) is 0 Å². The first-order valence-electron chi connectivity index (χ1n) is 4.77. The number of carbonyl (C=O) groups excluding carboxylic acids is 1. The first kappa shape index (κ1) is 13.8. The summed E-state index contributed by atoms with van der Waals surface area (Å²) in [4.78, 5) is 21.6. The van der Waals surface area contributed by atoms with Gasteiger partial charge >= 0.3 is 0 Å². The van der Waals surface area contributed by atoms with Crippen LogP contribution in [0.2, 0.25) is 5.02 Å². The SMILES string of the molecule is CSCCNC(=O)c1ccc([N+](=O)[O-])c(Cl)c1. The molecule has 0 aromatic heterocycles. The van der Waals surface area contributed by atoms with Gasteiger partial charge in [0.1, 0.15) is 5.02 Å². The molecule has 0 radical (unpaired) electrons. The smallest absolute Gasteiger partial charge is 0.287 e. The second-order valence-corrected chi connectivity index (χ2v) is 4.56. The third-order valence-electron chi connectivity index (χ3n) is 2.00. The van der Waals surface area contributed by atoms with Crippen LogP contribution in [0.25, 0.3) is 0 Å². The molecule has 0 aliphatic heterocycles. The van der Waals surface area contributed by atoms with Crippen LogP contribution >= 0.6 is 23.4 Å². The quantitative estimate of drug-likeness (QED) is 0.508. The first-order chi connectivity index (χ1) is 8.06. The summed E-state index contributed by atoms with van der Waals surface area (Å²) in [6, 6.07) is 3.92. The van der Waals surface area contributed by atoms with Gasteiger partial charge in [-0.1, -0.05) is 11.6 Å². The Bertz CT molecular complexity index is 440. The highest BCUT2D eigenvalue weighted by atomic mass is 35.5. The van der Waals surface area contributed by atoms with Gasteiger partial charge in [0.25, 0.3) is 11.6 Å². The maximum absolute atomic E-state index is 11.6. The van der Waals surface area contributed by atoms with E-state index in [1.54, 1.807) is 11.8 Å². The number of nitrogens with one attached hydrogen (secondary N) is 1. The molecule has 0 spiro atoms. The molecule has 0 heterocycles. The van der Waals surface area contributed by atoms with E-state index in [-0.39, 0.29) is 16.6 Å². The predicted octanol–water partition coefficient (Wildman–Crippen LogP) is 2.34. The Labute approximate surface area is 108 Å². The number of nitro benzene ring substituents is 1. The van der Waals surface area contributed by atoms with Crippen LogP contribution in [-0.4, -0.2) is 29.4 Å². The Kier molecular flexibility index (Phi) is 5.24. The molecule has 0 aliphatic carbocycles. The van der Waals surface area contributed by atoms with Crippen molar-refractivity contribution < 1.29 is 9.72 Å². The Balaban J connectivity index is 2.76. The molecule has 0 unspecified atom stereocenters. The number of amides is 1. The highest BCUT2D eigenvalue weighted by Gasteiger charge is 2.14. The van der Waals surface area contributed by atoms with Gasteiger partial charge in [0.2, 0.25) is 0 Å². The van der Waals surface area contributed by atoms with Gasteiger partial charge in [-0.15, -0.1) is 0 Å². The lowest BCUT2D eigenvalue weighted by molar-refractivity contribution is -0.384. The van der Waals surface area contributed by atoms with E-state index in [0.29, 0.717) is 12.1 Å². The zero-order chi connectivity index (χ0) is 12.8. The molecule has 0 bridgehead atoms. The summed E-state index contributed by atoms with van der Waals surface area (Å²) in [5.41, 5.74) is 0.119. The molecule has 1 aromatic carbocycles. The molecule has 5 nitrogen and oxygen atoms in total. The van der Waals surface area contributed by atoms with Crippen molar-refractivity contribution in [2.24, 2.45) is 0 Å². The zero-order valence-electron chi connectivity index (χ0n) is 9.10. The number of nitro groups is 1. The van der Waals surface area contributed by atoms with Crippen molar-refractivity contribution >= 4 is 35.0 Å². The summed E-state index contributed by atoms with van der Waals surface area (Å²) in [7, 11) is 0. The van der Waals surface area contributed by atoms with Crippen LogP contribution < -0.4 is 5.32 Å². The van der Waals surface area contributed by atoms with Crippen molar-refractivity contribution in [2.75, 3.05) is 18.6 Å². The van der Waals surface area contributed by atoms with E-state index in [0.717, 1.165) is 5.75 Å². The summed E-state index contributed by atoms with van der Waals surface area (Å²) >= 11 is 7.32. The highest BCUT2D eigenvalue weighted by Crippen LogP contribution is 2.24. The average Bonchev–Trinajstić information content (AvgIpc) is 2.28. The lowest BCUT2D eigenvalue weighted by Gasteiger charge is -2.04. The molecule has 17 heavy (non-hydrogen) atoms. The van der Waals surface area contributed by atoms with E-state index in [1.165, 1.54) is 18.2 Å². The molecule has 1 aromatic rings. The van der Waals surface area contributed by atoms with Crippen LogP contribution in [0.4, 0.5) is 5.69 Å². The van der Waals surface area contributed by atoms with Crippen LogP contribution in [0.5, 0.6) is 0 Å². The summed E-state index contributed by atoms with van der Waals surface area (Å²) in [6.07, 6.45) is 1.94. The summed E-state index contributed by atoms with van der Waals surface area (Å²) in [6.45, 7) is 0.550. The second kappa shape index (κ2) is 6.46. The number of carbonyl (C=O) groups is 1. The predicted molar refractivity (Wildman–Crippen MR) is 68.8 cm³/mol. The topological polar surface area (TPSA) is 72.2 Å². The van der Waals surface area contributed by atoms with Crippen LogP contribution in [0, 0.1) is 10.1 Å². The largest absolute Gasteiger partial charge is 0.351 e. The monoisotopic (exact) mass is 274 g/mol. The van der Waals surface area contributed by atoms with Gasteiger partial charge in [0, 0.05) is 23.9 Å². The minimum Gasteiger partial charge on any atom is -0.351 e. The summed E-state index contributed by atoms with van der Waals surface area (Å²) in [5.74, 6) is 0.530. The number of nitrogens with zero attached hydrogens (tertiary/aromatic N) is 1. The van der Waals surface area contributed by atoms with Crippen LogP contribution in [0.1, 0.15) is 10.4 Å². The first-order valence-corrected chi connectivity index (χ1v) is 6.54. The Morgan fingerprint density at radius 1 is 1.59 bits per heavy atom. The van der Waals surface area contributed by atoms with E-state index in [1.807, 2.05) is 6.26 Å². The number of hydrogen-bond donors (Lipinski definition) is 1. The Morgan fingerprint density at radius 3 is 2.82 bits per heavy atom. The number of halogens is 1. The normalized spacial score (nSPS) is 10.0. The molecule has 0 saturated carbocycles. The van der Waals surface area contributed by atoms with Crippen molar-refractivity contribution in [1.29, 1.82) is 0 Å². The Hall–Kier alpha value is -1.27. The molecule has 1 amide bonds. The molecule has 1 N–H and O–H groups in total. The Morgan fingerprint density at radius 2 is 2.29 bits per heavy atom. The number of rotatable bonds is 5. The van der Waals surface area contributed by atoms with Crippen molar-refractivity contribution in [1.82, 2.24) is 5.32 Å². The van der Waals surface area contributed by atoms with Crippen molar-refractivity contribution in [3.05, 3.63) is 38.9 Å². The maximum Gasteiger partial charge on any atom is 0.287 e. The molecular formula is C10H11ClN2O3S. The lowest BCUT2D eigenvalue weighted by Crippen LogP contribution is -2.25. The van der Waals surface area contributed by atoms with Crippen molar-refractivity contribution in [2.45, 2.75) is 0 Å². The number of hydrogen-bond acceptors (Lipinski definition) is 4. The molecule has 1 rings (SSSR count). The van der Waals surface area contributed by atoms with E-state index in [9.17, 15) is 14.9 Å². The fraction of sp³-hybridized carbons (Fsp3) is 0.300. The van der Waals surface area contributed by atoms with Gasteiger partial charge in [-0.3, -0.25) is 14.9 Å². The highest BCUT2D eigenvalue weighted by molar-refractivity contribution is 7.98. The maximum atomic E-state index is 11.6. The van der Waals surface area contributed by atoms with Crippen molar-refractivity contribution in [3.63, 3.8) is 0 Å². The minimum absolute atomic E-state index is 0.0347. The molecule has 0 saturated heterocycles. The fourth-order valence-electron chi connectivity index (χ4n) is 1.16. The third-order valence-corrected chi connectivity index (χ3v) is 2.91. The second-order valence-electron chi connectivity index (χ2n) is 3.17. The van der Waals surface area contributed by atoms with E-state index < -0.39 is 4.92 Å². The standard InChI is InChI=1S/C10H11ClN2O3S/c1-17-5-4-12-10(14)7-2-3-9(13(15)16)8(11)6-7/h2-3,6H,4-5H2,1H3,(H,12,14). The van der Waals surface area contributed by atoms with E-state index >= 15 is 0 Å². The number of thioether (sulfide) groups is 1. The molecule has 0 atom stereocenters. The summed E-state index contributed by atoms with van der Waals surface area (Å²) < 4.78 is 0. The van der Waals surface area contributed by atoms with Crippen LogP contribution in [0.3, 0.4) is 0 Å². The van der Waals surface area contributed by atoms with Crippen LogP contribution in [0.15, 0.2) is 18.2 Å². The van der Waals surface area contributed by atoms with E-state index in [2.05, 4.69) is 5.32 Å². The molecule has 7 heteroatoms. The average molecular weight is 275 g/mol. The van der Waals surface area contributed by atoms with Crippen molar-refractivity contribution in [3.8, 4) is 0 Å². The summed E-state index contributed by atoms with van der Waals surface area (Å²) in [5, 5.41) is 13.2. The third kappa shape index (κ3) is 3.90. The van der Waals surface area contributed by atoms with Gasteiger partial charge in [-0.25, -0.2) is 0 Å².